The standard InChI is InChI=1S/C27H25ClF2N4O/c1-35-21-10-7-9-20(29)24(21)23-19(28)16-18-26(25(23)30)32-22(12-11-17-8-3-4-13-31-17)33-27(18)34-14-5-2-6-15-34/h3-4,7-10,13,16H,2,5-6,11-12,14-15H2,1H3. The fraction of sp³-hybridized carbons (Fsp3) is 0.296. The van der Waals surface area contributed by atoms with Crippen LogP contribution in [-0.2, 0) is 12.8 Å². The van der Waals surface area contributed by atoms with Crippen molar-refractivity contribution in [3.63, 3.8) is 0 Å². The number of hydrogen-bond donors (Lipinski definition) is 0. The number of halogens is 3. The van der Waals surface area contributed by atoms with Gasteiger partial charge in [-0.15, -0.1) is 0 Å². The van der Waals surface area contributed by atoms with Crippen LogP contribution in [0.15, 0.2) is 48.7 Å². The molecule has 1 aliphatic heterocycles. The largest absolute Gasteiger partial charge is 0.496 e. The minimum Gasteiger partial charge on any atom is -0.496 e. The third-order valence-corrected chi connectivity index (χ3v) is 6.64. The zero-order valence-corrected chi connectivity index (χ0v) is 20.2. The van der Waals surface area contributed by atoms with Crippen molar-refractivity contribution >= 4 is 28.3 Å². The second-order valence-corrected chi connectivity index (χ2v) is 9.00. The summed E-state index contributed by atoms with van der Waals surface area (Å²) in [5.41, 5.74) is 0.950. The topological polar surface area (TPSA) is 51.1 Å². The average molecular weight is 495 g/mol. The minimum absolute atomic E-state index is 0.0208. The summed E-state index contributed by atoms with van der Waals surface area (Å²) in [5.74, 6) is 0.0710. The van der Waals surface area contributed by atoms with E-state index >= 15 is 4.39 Å². The van der Waals surface area contributed by atoms with Gasteiger partial charge in [0.05, 0.1) is 17.7 Å². The van der Waals surface area contributed by atoms with Gasteiger partial charge in [0.2, 0.25) is 0 Å². The van der Waals surface area contributed by atoms with E-state index in [1.807, 2.05) is 18.2 Å². The number of ether oxygens (including phenoxy) is 1. The van der Waals surface area contributed by atoms with Gasteiger partial charge in [-0.1, -0.05) is 23.7 Å². The van der Waals surface area contributed by atoms with E-state index in [1.165, 1.54) is 19.2 Å². The van der Waals surface area contributed by atoms with Crippen molar-refractivity contribution in [1.82, 2.24) is 15.0 Å². The van der Waals surface area contributed by atoms with Crippen molar-refractivity contribution in [2.75, 3.05) is 25.1 Å². The Hall–Kier alpha value is -3.32. The molecule has 0 N–H and O–H groups in total. The van der Waals surface area contributed by atoms with Crippen LogP contribution in [0, 0.1) is 11.6 Å². The fourth-order valence-corrected chi connectivity index (χ4v) is 4.90. The lowest BCUT2D eigenvalue weighted by molar-refractivity contribution is 0.413. The first kappa shape index (κ1) is 23.4. The smallest absolute Gasteiger partial charge is 0.159 e. The van der Waals surface area contributed by atoms with Gasteiger partial charge < -0.3 is 9.64 Å². The summed E-state index contributed by atoms with van der Waals surface area (Å²) in [5, 5.41) is 0.608. The maximum absolute atomic E-state index is 16.2. The molecule has 2 aromatic heterocycles. The summed E-state index contributed by atoms with van der Waals surface area (Å²) in [6.07, 6.45) is 6.08. The summed E-state index contributed by atoms with van der Waals surface area (Å²) in [6.45, 7) is 1.65. The molecule has 0 bridgehead atoms. The Labute approximate surface area is 207 Å². The molecule has 0 aliphatic carbocycles. The number of nitrogens with zero attached hydrogens (tertiary/aromatic N) is 4. The molecule has 0 unspecified atom stereocenters. The summed E-state index contributed by atoms with van der Waals surface area (Å²) in [6, 6.07) is 11.7. The van der Waals surface area contributed by atoms with Gasteiger partial charge >= 0.3 is 0 Å². The second-order valence-electron chi connectivity index (χ2n) is 8.59. The highest BCUT2D eigenvalue weighted by molar-refractivity contribution is 6.34. The number of fused-ring (bicyclic) bond motifs is 1. The van der Waals surface area contributed by atoms with E-state index in [2.05, 4.69) is 14.9 Å². The van der Waals surface area contributed by atoms with Crippen LogP contribution in [0.4, 0.5) is 14.6 Å². The molecule has 35 heavy (non-hydrogen) atoms. The van der Waals surface area contributed by atoms with Gasteiger partial charge in [0.15, 0.2) is 5.82 Å². The number of anilines is 1. The number of benzene rings is 2. The molecule has 1 aliphatic rings. The van der Waals surface area contributed by atoms with E-state index in [-0.39, 0.29) is 27.4 Å². The fourth-order valence-electron chi connectivity index (χ4n) is 4.62. The number of pyridine rings is 1. The van der Waals surface area contributed by atoms with E-state index in [4.69, 9.17) is 21.3 Å². The molecule has 0 spiro atoms. The van der Waals surface area contributed by atoms with E-state index < -0.39 is 11.6 Å². The van der Waals surface area contributed by atoms with Crippen molar-refractivity contribution in [3.8, 4) is 16.9 Å². The van der Waals surface area contributed by atoms with E-state index in [0.29, 0.717) is 29.9 Å². The number of piperidine rings is 1. The minimum atomic E-state index is -0.685. The third kappa shape index (κ3) is 4.65. The predicted octanol–water partition coefficient (Wildman–Crippen LogP) is 6.41. The summed E-state index contributed by atoms with van der Waals surface area (Å²) < 4.78 is 36.4. The zero-order chi connectivity index (χ0) is 24.4. The van der Waals surface area contributed by atoms with Crippen molar-refractivity contribution in [2.24, 2.45) is 0 Å². The van der Waals surface area contributed by atoms with Crippen LogP contribution in [0.3, 0.4) is 0 Å². The molecule has 0 amide bonds. The first-order valence-corrected chi connectivity index (χ1v) is 12.1. The van der Waals surface area contributed by atoms with Gasteiger partial charge in [-0.25, -0.2) is 18.7 Å². The van der Waals surface area contributed by atoms with Crippen LogP contribution in [0.5, 0.6) is 5.75 Å². The number of rotatable bonds is 6. The molecule has 1 fully saturated rings. The van der Waals surface area contributed by atoms with Crippen LogP contribution in [0.2, 0.25) is 5.02 Å². The van der Waals surface area contributed by atoms with Crippen molar-refractivity contribution in [1.29, 1.82) is 0 Å². The van der Waals surface area contributed by atoms with Crippen LogP contribution >= 0.6 is 11.6 Å². The number of aromatic nitrogens is 3. The molecule has 2 aromatic carbocycles. The third-order valence-electron chi connectivity index (χ3n) is 6.34. The highest BCUT2D eigenvalue weighted by Gasteiger charge is 2.25. The van der Waals surface area contributed by atoms with E-state index in [1.54, 1.807) is 18.3 Å². The van der Waals surface area contributed by atoms with Crippen LogP contribution < -0.4 is 9.64 Å². The summed E-state index contributed by atoms with van der Waals surface area (Å²) in [7, 11) is 1.41. The van der Waals surface area contributed by atoms with Gasteiger partial charge in [0.25, 0.3) is 0 Å². The van der Waals surface area contributed by atoms with Gasteiger partial charge in [-0.3, -0.25) is 4.98 Å². The number of methoxy groups -OCH3 is 1. The van der Waals surface area contributed by atoms with Crippen LogP contribution in [0.25, 0.3) is 22.0 Å². The molecule has 3 heterocycles. The molecular formula is C27H25ClF2N4O. The monoisotopic (exact) mass is 494 g/mol. The molecule has 0 atom stereocenters. The highest BCUT2D eigenvalue weighted by atomic mass is 35.5. The highest BCUT2D eigenvalue weighted by Crippen LogP contribution is 2.42. The Kier molecular flexibility index (Phi) is 6.77. The summed E-state index contributed by atoms with van der Waals surface area (Å²) in [4.78, 5) is 16.0. The first-order valence-electron chi connectivity index (χ1n) is 11.7. The van der Waals surface area contributed by atoms with Gasteiger partial charge in [-0.05, 0) is 56.0 Å². The Balaban J connectivity index is 1.68. The molecular weight excluding hydrogens is 470 g/mol. The maximum Gasteiger partial charge on any atom is 0.159 e. The zero-order valence-electron chi connectivity index (χ0n) is 19.4. The van der Waals surface area contributed by atoms with Crippen molar-refractivity contribution in [2.45, 2.75) is 32.1 Å². The van der Waals surface area contributed by atoms with Gasteiger partial charge in [0.1, 0.15) is 28.7 Å². The molecule has 8 heteroatoms. The second kappa shape index (κ2) is 10.1. The van der Waals surface area contributed by atoms with E-state index in [0.717, 1.165) is 38.0 Å². The van der Waals surface area contributed by atoms with Crippen LogP contribution in [-0.4, -0.2) is 35.2 Å². The molecule has 0 saturated carbocycles. The van der Waals surface area contributed by atoms with E-state index in [9.17, 15) is 4.39 Å². The average Bonchev–Trinajstić information content (AvgIpc) is 2.89. The molecule has 5 rings (SSSR count). The van der Waals surface area contributed by atoms with Crippen LogP contribution in [0.1, 0.15) is 30.8 Å². The van der Waals surface area contributed by atoms with Gasteiger partial charge in [-0.2, -0.15) is 0 Å². The molecule has 4 aromatic rings. The normalized spacial score (nSPS) is 13.9. The maximum atomic E-state index is 16.2. The Morgan fingerprint density at radius 1 is 0.971 bits per heavy atom. The lowest BCUT2D eigenvalue weighted by Crippen LogP contribution is -2.30. The SMILES string of the molecule is COc1cccc(F)c1-c1c(Cl)cc2c(N3CCCCC3)nc(CCc3ccccn3)nc2c1F. The first-order chi connectivity index (χ1) is 17.1. The molecule has 5 nitrogen and oxygen atoms in total. The Bertz CT molecular complexity index is 1360. The number of aryl methyl sites for hydroxylation is 2. The quantitative estimate of drug-likeness (QED) is 0.310. The number of hydrogen-bond acceptors (Lipinski definition) is 5. The summed E-state index contributed by atoms with van der Waals surface area (Å²) >= 11 is 6.59. The van der Waals surface area contributed by atoms with Gasteiger partial charge in [0, 0.05) is 42.4 Å². The van der Waals surface area contributed by atoms with Crippen molar-refractivity contribution < 1.29 is 13.5 Å². The molecule has 1 saturated heterocycles. The molecule has 0 radical (unpaired) electrons. The predicted molar refractivity (Wildman–Crippen MR) is 134 cm³/mol. The lowest BCUT2D eigenvalue weighted by atomic mass is 10.0. The Morgan fingerprint density at radius 3 is 2.54 bits per heavy atom. The lowest BCUT2D eigenvalue weighted by Gasteiger charge is -2.29. The van der Waals surface area contributed by atoms with Crippen molar-refractivity contribution in [3.05, 3.63) is 76.8 Å². The Morgan fingerprint density at radius 2 is 1.80 bits per heavy atom. The molecule has 180 valence electrons.